The summed E-state index contributed by atoms with van der Waals surface area (Å²) >= 11 is 4.82. The van der Waals surface area contributed by atoms with Gasteiger partial charge in [-0.05, 0) is 65.2 Å². The lowest BCUT2D eigenvalue weighted by Crippen LogP contribution is -2.17. The van der Waals surface area contributed by atoms with E-state index in [4.69, 9.17) is 5.14 Å². The van der Waals surface area contributed by atoms with Gasteiger partial charge in [0, 0.05) is 15.1 Å². The molecule has 0 fully saturated rings. The Bertz CT molecular complexity index is 883. The molecule has 5 nitrogen and oxygen atoms in total. The first-order valence-electron chi connectivity index (χ1n) is 6.99. The topological polar surface area (TPSA) is 89.3 Å². The van der Waals surface area contributed by atoms with Crippen molar-refractivity contribution in [3.05, 3.63) is 52.0 Å². The fourth-order valence-corrected chi connectivity index (χ4v) is 4.00. The summed E-state index contributed by atoms with van der Waals surface area (Å²) in [7, 11) is -3.82. The second kappa shape index (κ2) is 7.69. The number of carbonyl (C=O) groups is 1. The van der Waals surface area contributed by atoms with Crippen molar-refractivity contribution in [1.29, 1.82) is 0 Å². The summed E-state index contributed by atoms with van der Waals surface area (Å²) in [6, 6.07) is 10.5. The van der Waals surface area contributed by atoms with Crippen molar-refractivity contribution in [2.45, 2.75) is 23.6 Å². The lowest BCUT2D eigenvalue weighted by atomic mass is 10.1. The van der Waals surface area contributed by atoms with Crippen LogP contribution in [0.4, 0.5) is 5.69 Å². The summed E-state index contributed by atoms with van der Waals surface area (Å²) in [5.41, 5.74) is 2.01. The summed E-state index contributed by atoms with van der Waals surface area (Å²) in [5, 5.41) is 7.94. The number of thioether (sulfide) groups is 1. The molecule has 0 atom stereocenters. The van der Waals surface area contributed by atoms with E-state index in [1.165, 1.54) is 23.9 Å². The van der Waals surface area contributed by atoms with Crippen LogP contribution in [0, 0.1) is 13.8 Å². The summed E-state index contributed by atoms with van der Waals surface area (Å²) in [5.74, 6) is -0.00873. The molecule has 0 radical (unpaired) electrons. The predicted octanol–water partition coefficient (Wildman–Crippen LogP) is 3.44. The summed E-state index contributed by atoms with van der Waals surface area (Å²) in [6.45, 7) is 3.59. The normalized spacial score (nSPS) is 11.3. The minimum Gasteiger partial charge on any atom is -0.325 e. The molecule has 0 saturated heterocycles. The molecule has 0 saturated carbocycles. The molecule has 0 heterocycles. The monoisotopic (exact) mass is 428 g/mol. The number of aryl methyl sites for hydroxylation is 1. The van der Waals surface area contributed by atoms with Crippen LogP contribution in [0.3, 0.4) is 0 Å². The number of nitrogens with one attached hydrogen (secondary N) is 1. The van der Waals surface area contributed by atoms with Gasteiger partial charge in [-0.15, -0.1) is 11.8 Å². The smallest absolute Gasteiger partial charge is 0.238 e. The van der Waals surface area contributed by atoms with E-state index in [2.05, 4.69) is 21.2 Å². The molecule has 0 aromatic heterocycles. The highest BCUT2D eigenvalue weighted by Crippen LogP contribution is 2.28. The Morgan fingerprint density at radius 3 is 2.54 bits per heavy atom. The Morgan fingerprint density at radius 2 is 1.92 bits per heavy atom. The second-order valence-corrected chi connectivity index (χ2v) is 8.66. The minimum atomic E-state index is -3.82. The molecule has 2 aromatic carbocycles. The third-order valence-corrected chi connectivity index (χ3v) is 6.36. The Morgan fingerprint density at radius 1 is 1.25 bits per heavy atom. The van der Waals surface area contributed by atoms with Crippen LogP contribution >= 0.6 is 27.7 Å². The van der Waals surface area contributed by atoms with Crippen molar-refractivity contribution >= 4 is 49.3 Å². The molecular formula is C16H17BrN2O3S2. The van der Waals surface area contributed by atoms with E-state index in [-0.39, 0.29) is 16.6 Å². The number of hydrogen-bond acceptors (Lipinski definition) is 4. The van der Waals surface area contributed by atoms with Gasteiger partial charge in [-0.2, -0.15) is 0 Å². The zero-order valence-corrected chi connectivity index (χ0v) is 16.4. The van der Waals surface area contributed by atoms with Crippen molar-refractivity contribution in [2.24, 2.45) is 5.14 Å². The average molecular weight is 429 g/mol. The fourth-order valence-electron chi connectivity index (χ4n) is 2.01. The van der Waals surface area contributed by atoms with Crippen molar-refractivity contribution in [3.63, 3.8) is 0 Å². The molecule has 128 valence electrons. The molecule has 0 aliphatic heterocycles. The number of nitrogens with two attached hydrogens (primary N) is 1. The summed E-state index contributed by atoms with van der Waals surface area (Å²) < 4.78 is 24.0. The zero-order valence-electron chi connectivity index (χ0n) is 13.2. The molecule has 0 bridgehead atoms. The molecule has 0 unspecified atom stereocenters. The number of benzene rings is 2. The highest BCUT2D eigenvalue weighted by Gasteiger charge is 2.14. The molecule has 0 aliphatic carbocycles. The minimum absolute atomic E-state index is 0.0145. The number of amides is 1. The number of sulfonamides is 1. The maximum Gasteiger partial charge on any atom is 0.238 e. The Balaban J connectivity index is 2.14. The first-order chi connectivity index (χ1) is 11.2. The molecule has 1 amide bonds. The number of rotatable bonds is 5. The lowest BCUT2D eigenvalue weighted by Gasteiger charge is -2.13. The van der Waals surface area contributed by atoms with Gasteiger partial charge in [-0.25, -0.2) is 13.6 Å². The maximum atomic E-state index is 12.2. The summed E-state index contributed by atoms with van der Waals surface area (Å²) in [6.07, 6.45) is 0. The number of hydrogen-bond donors (Lipinski definition) is 2. The number of primary sulfonamides is 1. The van der Waals surface area contributed by atoms with Crippen LogP contribution in [-0.2, 0) is 14.8 Å². The van der Waals surface area contributed by atoms with Crippen LogP contribution < -0.4 is 10.5 Å². The van der Waals surface area contributed by atoms with Crippen molar-refractivity contribution < 1.29 is 13.2 Å². The lowest BCUT2D eigenvalue weighted by molar-refractivity contribution is -0.113. The molecule has 2 rings (SSSR count). The van der Waals surface area contributed by atoms with Crippen molar-refractivity contribution in [1.82, 2.24) is 0 Å². The molecule has 8 heteroatoms. The first-order valence-corrected chi connectivity index (χ1v) is 10.3. The quantitative estimate of drug-likeness (QED) is 0.713. The predicted molar refractivity (Wildman–Crippen MR) is 101 cm³/mol. The average Bonchev–Trinajstić information content (AvgIpc) is 2.50. The van der Waals surface area contributed by atoms with Crippen LogP contribution in [-0.4, -0.2) is 20.1 Å². The molecular weight excluding hydrogens is 412 g/mol. The van der Waals surface area contributed by atoms with Crippen LogP contribution in [0.2, 0.25) is 0 Å². The highest BCUT2D eigenvalue weighted by molar-refractivity contribution is 9.10. The van der Waals surface area contributed by atoms with Crippen LogP contribution in [0.15, 0.2) is 50.7 Å². The Labute approximate surface area is 154 Å². The van der Waals surface area contributed by atoms with E-state index in [9.17, 15) is 13.2 Å². The molecule has 24 heavy (non-hydrogen) atoms. The van der Waals surface area contributed by atoms with Gasteiger partial charge in [0.1, 0.15) is 0 Å². The Hall–Kier alpha value is -1.35. The fraction of sp³-hybridized carbons (Fsp3) is 0.188. The van der Waals surface area contributed by atoms with Gasteiger partial charge in [0.15, 0.2) is 0 Å². The van der Waals surface area contributed by atoms with E-state index in [1.807, 2.05) is 31.2 Å². The van der Waals surface area contributed by atoms with Gasteiger partial charge in [-0.3, -0.25) is 4.79 Å². The number of halogens is 1. The zero-order chi connectivity index (χ0) is 17.9. The molecule has 0 aliphatic rings. The van der Waals surface area contributed by atoms with Crippen molar-refractivity contribution in [2.75, 3.05) is 11.1 Å². The van der Waals surface area contributed by atoms with Gasteiger partial charge >= 0.3 is 0 Å². The molecule has 2 aromatic rings. The van der Waals surface area contributed by atoms with Gasteiger partial charge in [0.25, 0.3) is 0 Å². The third kappa shape index (κ3) is 4.83. The molecule has 0 spiro atoms. The van der Waals surface area contributed by atoms with Gasteiger partial charge in [0.2, 0.25) is 15.9 Å². The Kier molecular flexibility index (Phi) is 6.08. The van der Waals surface area contributed by atoms with E-state index in [0.29, 0.717) is 5.69 Å². The van der Waals surface area contributed by atoms with Crippen LogP contribution in [0.25, 0.3) is 0 Å². The van der Waals surface area contributed by atoms with E-state index in [0.717, 1.165) is 20.5 Å². The highest BCUT2D eigenvalue weighted by atomic mass is 79.9. The third-order valence-electron chi connectivity index (χ3n) is 3.44. The second-order valence-electron chi connectivity index (χ2n) is 5.23. The summed E-state index contributed by atoms with van der Waals surface area (Å²) in [4.78, 5) is 13.1. The van der Waals surface area contributed by atoms with Crippen LogP contribution in [0.5, 0.6) is 0 Å². The van der Waals surface area contributed by atoms with Gasteiger partial charge < -0.3 is 5.32 Å². The van der Waals surface area contributed by atoms with E-state index in [1.54, 1.807) is 6.92 Å². The number of anilines is 1. The van der Waals surface area contributed by atoms with E-state index >= 15 is 0 Å². The van der Waals surface area contributed by atoms with E-state index < -0.39 is 10.0 Å². The van der Waals surface area contributed by atoms with Crippen molar-refractivity contribution in [3.8, 4) is 0 Å². The number of carbonyl (C=O) groups excluding carboxylic acids is 1. The van der Waals surface area contributed by atoms with Gasteiger partial charge in [-0.1, -0.05) is 12.1 Å². The standard InChI is InChI=1S/C16H17BrN2O3S2/c1-10-7-12(24(18,21)22)8-14(11(10)2)19-16(20)9-23-15-6-4-3-5-13(15)17/h3-8H,9H2,1-2H3,(H,19,20)(H2,18,21,22). The maximum absolute atomic E-state index is 12.2. The SMILES string of the molecule is Cc1cc(S(N)(=O)=O)cc(NC(=O)CSc2ccccc2Br)c1C. The van der Waals surface area contributed by atoms with Crippen LogP contribution in [0.1, 0.15) is 11.1 Å². The largest absolute Gasteiger partial charge is 0.325 e. The molecule has 3 N–H and O–H groups in total. The first kappa shape index (κ1) is 19.0. The van der Waals surface area contributed by atoms with Gasteiger partial charge in [0.05, 0.1) is 10.6 Å².